The van der Waals surface area contributed by atoms with Crippen molar-refractivity contribution in [2.75, 3.05) is 0 Å². The van der Waals surface area contributed by atoms with Gasteiger partial charge in [-0.3, -0.25) is 4.57 Å². The Hall–Kier alpha value is -7.14. The maximum Gasteiger partial charge on any atom is 0.235 e. The molecule has 258 valence electrons. The van der Waals surface area contributed by atoms with Crippen molar-refractivity contribution in [3.63, 3.8) is 0 Å². The molecule has 56 heavy (non-hydrogen) atoms. The van der Waals surface area contributed by atoms with E-state index < -0.39 is 0 Å². The molecule has 4 heteroatoms. The average molecular weight is 728 g/mol. The fraction of sp³-hybridized carbons (Fsp3) is 0. The molecule has 3 aromatic heterocycles. The summed E-state index contributed by atoms with van der Waals surface area (Å²) in [6.45, 7) is 0. The zero-order valence-corrected chi connectivity index (χ0v) is 30.8. The van der Waals surface area contributed by atoms with Crippen molar-refractivity contribution in [2.45, 2.75) is 0 Å². The molecule has 0 aliphatic rings. The number of nitrogens with zero attached hydrogens (tertiary/aromatic N) is 3. The lowest BCUT2D eigenvalue weighted by Gasteiger charge is -2.14. The van der Waals surface area contributed by atoms with E-state index in [1.807, 2.05) is 11.3 Å². The third kappa shape index (κ3) is 4.06. The number of benzene rings is 10. The van der Waals surface area contributed by atoms with Gasteiger partial charge in [-0.1, -0.05) is 146 Å². The van der Waals surface area contributed by atoms with E-state index in [0.717, 1.165) is 44.0 Å². The summed E-state index contributed by atoms with van der Waals surface area (Å²) in [5.74, 6) is 0.667. The van der Waals surface area contributed by atoms with Crippen LogP contribution in [0.5, 0.6) is 0 Å². The summed E-state index contributed by atoms with van der Waals surface area (Å²) >= 11 is 1.84. The first-order chi connectivity index (χ1) is 27.8. The Labute approximate surface area is 324 Å². The molecule has 0 fully saturated rings. The summed E-state index contributed by atoms with van der Waals surface area (Å²) in [7, 11) is 0. The van der Waals surface area contributed by atoms with Gasteiger partial charge in [0.05, 0.1) is 22.2 Å². The molecule has 0 bridgehead atoms. The van der Waals surface area contributed by atoms with Crippen LogP contribution in [0.1, 0.15) is 0 Å². The molecule has 0 radical (unpaired) electrons. The molecule has 0 saturated heterocycles. The number of fused-ring (bicyclic) bond motifs is 18. The maximum absolute atomic E-state index is 5.61. The van der Waals surface area contributed by atoms with Gasteiger partial charge in [-0.05, 0) is 73.4 Å². The van der Waals surface area contributed by atoms with Gasteiger partial charge in [0, 0.05) is 52.7 Å². The smallest absolute Gasteiger partial charge is 0.235 e. The lowest BCUT2D eigenvalue weighted by atomic mass is 9.91. The third-order valence-corrected chi connectivity index (χ3v) is 13.1. The summed E-state index contributed by atoms with van der Waals surface area (Å²) < 4.78 is 4.87. The number of rotatable bonds is 2. The van der Waals surface area contributed by atoms with E-state index in [1.54, 1.807) is 0 Å². The molecule has 10 aromatic carbocycles. The lowest BCUT2D eigenvalue weighted by Crippen LogP contribution is -2.04. The Balaban J connectivity index is 1.22. The van der Waals surface area contributed by atoms with E-state index in [2.05, 4.69) is 180 Å². The quantitative estimate of drug-likeness (QED) is 0.166. The number of thiophene rings is 1. The third-order valence-electron chi connectivity index (χ3n) is 12.0. The van der Waals surface area contributed by atoms with Gasteiger partial charge < -0.3 is 0 Å². The van der Waals surface area contributed by atoms with Crippen LogP contribution >= 0.6 is 11.3 Å². The summed E-state index contributed by atoms with van der Waals surface area (Å²) in [6.07, 6.45) is 0. The van der Waals surface area contributed by atoms with Gasteiger partial charge in [0.25, 0.3) is 0 Å². The molecule has 0 saturated carbocycles. The van der Waals surface area contributed by atoms with Crippen LogP contribution in [0.4, 0.5) is 0 Å². The lowest BCUT2D eigenvalue weighted by molar-refractivity contribution is 1.02. The molecule has 0 amide bonds. The number of hydrogen-bond acceptors (Lipinski definition) is 3. The second-order valence-electron chi connectivity index (χ2n) is 14.9. The van der Waals surface area contributed by atoms with Crippen molar-refractivity contribution in [3.8, 4) is 17.2 Å². The zero-order chi connectivity index (χ0) is 36.5. The molecule has 0 atom stereocenters. The van der Waals surface area contributed by atoms with Crippen LogP contribution in [0.3, 0.4) is 0 Å². The molecule has 13 aromatic rings. The second-order valence-corrected chi connectivity index (χ2v) is 15.9. The van der Waals surface area contributed by atoms with E-state index in [-0.39, 0.29) is 0 Å². The van der Waals surface area contributed by atoms with Crippen LogP contribution in [-0.2, 0) is 0 Å². The van der Waals surface area contributed by atoms with E-state index >= 15 is 0 Å². The monoisotopic (exact) mass is 727 g/mol. The minimum absolute atomic E-state index is 0.667. The van der Waals surface area contributed by atoms with Crippen LogP contribution in [0.2, 0.25) is 0 Å². The zero-order valence-electron chi connectivity index (χ0n) is 30.0. The first kappa shape index (κ1) is 30.2. The molecule has 0 unspecified atom stereocenters. The van der Waals surface area contributed by atoms with Gasteiger partial charge in [-0.2, -0.15) is 0 Å². The second kappa shape index (κ2) is 11.2. The Bertz CT molecular complexity index is 3800. The molecule has 0 spiro atoms. The van der Waals surface area contributed by atoms with Crippen LogP contribution in [0, 0.1) is 0 Å². The van der Waals surface area contributed by atoms with Gasteiger partial charge in [0.15, 0.2) is 0 Å². The van der Waals surface area contributed by atoms with Gasteiger partial charge in [-0.15, -0.1) is 11.3 Å². The Morgan fingerprint density at radius 1 is 0.357 bits per heavy atom. The van der Waals surface area contributed by atoms with Crippen LogP contribution in [0.15, 0.2) is 176 Å². The van der Waals surface area contributed by atoms with Crippen LogP contribution in [0.25, 0.3) is 124 Å². The highest BCUT2D eigenvalue weighted by Gasteiger charge is 2.23. The van der Waals surface area contributed by atoms with Crippen molar-refractivity contribution < 1.29 is 0 Å². The normalized spacial score (nSPS) is 12.3. The summed E-state index contributed by atoms with van der Waals surface area (Å²) in [4.78, 5) is 11.2. The highest BCUT2D eigenvalue weighted by atomic mass is 32.1. The van der Waals surface area contributed by atoms with Gasteiger partial charge >= 0.3 is 0 Å². The summed E-state index contributed by atoms with van der Waals surface area (Å²) in [5, 5.41) is 18.3. The highest BCUT2D eigenvalue weighted by molar-refractivity contribution is 7.25. The SMILES string of the molecule is c1ccc2c(c1)ccc1c(-c3ccc4c(c3)sc3ccccc34)nc(-n3c4ccc5ccccc5c4c4c5c6ccccc6c6ccccc6c5ccc43)nc12. The predicted molar refractivity (Wildman–Crippen MR) is 240 cm³/mol. The Morgan fingerprint density at radius 3 is 1.70 bits per heavy atom. The average Bonchev–Trinajstić information content (AvgIpc) is 3.81. The minimum Gasteiger partial charge on any atom is -0.278 e. The van der Waals surface area contributed by atoms with Crippen molar-refractivity contribution in [3.05, 3.63) is 176 Å². The van der Waals surface area contributed by atoms with Crippen LogP contribution in [-0.4, -0.2) is 14.5 Å². The fourth-order valence-electron chi connectivity index (χ4n) is 9.52. The minimum atomic E-state index is 0.667. The van der Waals surface area contributed by atoms with Gasteiger partial charge in [0.2, 0.25) is 5.95 Å². The molecule has 3 heterocycles. The van der Waals surface area contributed by atoms with Gasteiger partial charge in [-0.25, -0.2) is 9.97 Å². The van der Waals surface area contributed by atoms with Gasteiger partial charge in [0.1, 0.15) is 0 Å². The first-order valence-electron chi connectivity index (χ1n) is 19.1. The maximum atomic E-state index is 5.61. The van der Waals surface area contributed by atoms with E-state index in [0.29, 0.717) is 5.95 Å². The molecule has 3 nitrogen and oxygen atoms in total. The van der Waals surface area contributed by atoms with Crippen molar-refractivity contribution >= 4 is 118 Å². The molecular weight excluding hydrogens is 699 g/mol. The number of aromatic nitrogens is 3. The van der Waals surface area contributed by atoms with E-state index in [1.165, 1.54) is 74.0 Å². The predicted octanol–water partition coefficient (Wildman–Crippen LogP) is 14.5. The van der Waals surface area contributed by atoms with Crippen molar-refractivity contribution in [2.24, 2.45) is 0 Å². The molecular formula is C52H29N3S. The van der Waals surface area contributed by atoms with Crippen molar-refractivity contribution in [1.29, 1.82) is 0 Å². The largest absolute Gasteiger partial charge is 0.278 e. The Morgan fingerprint density at radius 2 is 0.893 bits per heavy atom. The van der Waals surface area contributed by atoms with Crippen LogP contribution < -0.4 is 0 Å². The number of hydrogen-bond donors (Lipinski definition) is 0. The topological polar surface area (TPSA) is 30.7 Å². The summed E-state index contributed by atoms with van der Waals surface area (Å²) in [6, 6.07) is 64.1. The highest BCUT2D eigenvalue weighted by Crippen LogP contribution is 2.46. The first-order valence-corrected chi connectivity index (χ1v) is 19.9. The standard InChI is InChI=1S/C52H29N3S/c1-3-13-33-30(11-1)23-27-43-48(33)49-44(28-26-41-37-17-6-5-15-35(37)36-16-7-8-19-40(36)47(41)49)55(43)52-53-50(42-25-21-31-12-2-4-14-34(31)51(42)54-52)32-22-24-39-38-18-9-10-20-45(38)56-46(39)29-32/h1-29H. The molecule has 0 aliphatic carbocycles. The molecule has 0 N–H and O–H groups in total. The Kier molecular flexibility index (Phi) is 6.04. The van der Waals surface area contributed by atoms with E-state index in [4.69, 9.17) is 9.97 Å². The molecule has 13 rings (SSSR count). The van der Waals surface area contributed by atoms with Crippen molar-refractivity contribution in [1.82, 2.24) is 14.5 Å². The summed E-state index contributed by atoms with van der Waals surface area (Å²) in [5.41, 5.74) is 5.15. The molecule has 0 aliphatic heterocycles. The van der Waals surface area contributed by atoms with E-state index in [9.17, 15) is 0 Å². The fourth-order valence-corrected chi connectivity index (χ4v) is 10.7.